The van der Waals surface area contributed by atoms with Gasteiger partial charge in [0.1, 0.15) is 11.6 Å². The second-order valence-electron chi connectivity index (χ2n) is 6.64. The van der Waals surface area contributed by atoms with Gasteiger partial charge in [-0.15, -0.1) is 0 Å². The molecule has 164 valence electrons. The van der Waals surface area contributed by atoms with Crippen LogP contribution in [-0.2, 0) is 0 Å². The SMILES string of the molecule is COc1ccc(NC(=O)c2cc(Cl)c3c(c2)OCO3)cc1NC(=O)c1ccc(Cl)cc1F. The Morgan fingerprint density at radius 1 is 1.00 bits per heavy atom. The van der Waals surface area contributed by atoms with Crippen molar-refractivity contribution in [1.82, 2.24) is 0 Å². The van der Waals surface area contributed by atoms with Crippen LogP contribution in [-0.4, -0.2) is 25.7 Å². The number of rotatable bonds is 5. The predicted molar refractivity (Wildman–Crippen MR) is 118 cm³/mol. The zero-order valence-corrected chi connectivity index (χ0v) is 18.0. The van der Waals surface area contributed by atoms with Gasteiger partial charge < -0.3 is 24.8 Å². The number of carbonyl (C=O) groups excluding carboxylic acids is 2. The van der Waals surface area contributed by atoms with Gasteiger partial charge in [0.25, 0.3) is 11.8 Å². The number of halogens is 3. The third kappa shape index (κ3) is 4.42. The molecule has 0 fully saturated rings. The number of benzene rings is 3. The Bertz CT molecular complexity index is 1240. The lowest BCUT2D eigenvalue weighted by atomic mass is 10.1. The summed E-state index contributed by atoms with van der Waals surface area (Å²) in [5.74, 6) is -0.864. The first kappa shape index (κ1) is 21.7. The van der Waals surface area contributed by atoms with Crippen molar-refractivity contribution in [2.75, 3.05) is 24.5 Å². The van der Waals surface area contributed by atoms with Crippen molar-refractivity contribution < 1.29 is 28.2 Å². The molecule has 0 atom stereocenters. The van der Waals surface area contributed by atoms with E-state index < -0.39 is 17.6 Å². The number of hydrogen-bond acceptors (Lipinski definition) is 5. The van der Waals surface area contributed by atoms with Crippen LogP contribution in [0, 0.1) is 5.82 Å². The Kier molecular flexibility index (Phi) is 6.07. The minimum atomic E-state index is -0.766. The first-order valence-electron chi connectivity index (χ1n) is 9.20. The number of carbonyl (C=O) groups is 2. The second-order valence-corrected chi connectivity index (χ2v) is 7.48. The van der Waals surface area contributed by atoms with Crippen LogP contribution in [0.1, 0.15) is 20.7 Å². The molecule has 0 aromatic heterocycles. The molecule has 3 aromatic carbocycles. The van der Waals surface area contributed by atoms with Gasteiger partial charge in [-0.05, 0) is 48.5 Å². The number of hydrogen-bond donors (Lipinski definition) is 2. The van der Waals surface area contributed by atoms with Gasteiger partial charge in [-0.1, -0.05) is 23.2 Å². The first-order chi connectivity index (χ1) is 15.4. The molecule has 10 heteroatoms. The third-order valence-corrected chi connectivity index (χ3v) is 5.09. The van der Waals surface area contributed by atoms with Gasteiger partial charge >= 0.3 is 0 Å². The fraction of sp³-hybridized carbons (Fsp3) is 0.0909. The minimum Gasteiger partial charge on any atom is -0.495 e. The molecule has 0 aliphatic carbocycles. The van der Waals surface area contributed by atoms with Crippen molar-refractivity contribution in [3.05, 3.63) is 75.5 Å². The fourth-order valence-electron chi connectivity index (χ4n) is 3.05. The van der Waals surface area contributed by atoms with Gasteiger partial charge in [-0.25, -0.2) is 4.39 Å². The molecule has 2 amide bonds. The van der Waals surface area contributed by atoms with E-state index in [9.17, 15) is 14.0 Å². The molecule has 32 heavy (non-hydrogen) atoms. The van der Waals surface area contributed by atoms with Crippen LogP contribution in [0.15, 0.2) is 48.5 Å². The number of fused-ring (bicyclic) bond motifs is 1. The maximum atomic E-state index is 14.1. The van der Waals surface area contributed by atoms with Crippen LogP contribution in [0.4, 0.5) is 15.8 Å². The standard InChI is InChI=1S/C22H15Cl2FN2O5/c1-30-18-5-3-13(9-17(18)27-22(29)14-4-2-12(23)8-16(14)25)26-21(28)11-6-15(24)20-19(7-11)31-10-32-20/h2-9H,10H2,1H3,(H,26,28)(H,27,29). The van der Waals surface area contributed by atoms with E-state index in [1.54, 1.807) is 12.1 Å². The monoisotopic (exact) mass is 476 g/mol. The lowest BCUT2D eigenvalue weighted by Gasteiger charge is -2.13. The van der Waals surface area contributed by atoms with E-state index >= 15 is 0 Å². The highest BCUT2D eigenvalue weighted by molar-refractivity contribution is 6.33. The summed E-state index contributed by atoms with van der Waals surface area (Å²) in [5.41, 5.74) is 0.648. The fourth-order valence-corrected chi connectivity index (χ4v) is 3.47. The molecule has 1 aliphatic heterocycles. The van der Waals surface area contributed by atoms with Crippen molar-refractivity contribution in [3.8, 4) is 17.2 Å². The topological polar surface area (TPSA) is 85.9 Å². The van der Waals surface area contributed by atoms with E-state index in [-0.39, 0.29) is 33.7 Å². The van der Waals surface area contributed by atoms with Crippen LogP contribution in [0.3, 0.4) is 0 Å². The van der Waals surface area contributed by atoms with Crippen molar-refractivity contribution in [3.63, 3.8) is 0 Å². The van der Waals surface area contributed by atoms with Crippen LogP contribution < -0.4 is 24.8 Å². The van der Waals surface area contributed by atoms with Crippen molar-refractivity contribution >= 4 is 46.4 Å². The van der Waals surface area contributed by atoms with Gasteiger partial charge in [0, 0.05) is 16.3 Å². The predicted octanol–water partition coefficient (Wildman–Crippen LogP) is 5.37. The molecule has 7 nitrogen and oxygen atoms in total. The molecular weight excluding hydrogens is 462 g/mol. The van der Waals surface area contributed by atoms with E-state index in [2.05, 4.69) is 10.6 Å². The quantitative estimate of drug-likeness (QED) is 0.516. The van der Waals surface area contributed by atoms with E-state index in [1.807, 2.05) is 0 Å². The second kappa shape index (κ2) is 8.94. The molecule has 0 saturated heterocycles. The Morgan fingerprint density at radius 3 is 2.56 bits per heavy atom. The van der Waals surface area contributed by atoms with E-state index in [0.29, 0.717) is 22.9 Å². The van der Waals surface area contributed by atoms with E-state index in [1.165, 1.54) is 37.4 Å². The lowest BCUT2D eigenvalue weighted by molar-refractivity contribution is 0.101. The van der Waals surface area contributed by atoms with Crippen LogP contribution in [0.5, 0.6) is 17.2 Å². The molecule has 1 aliphatic rings. The van der Waals surface area contributed by atoms with Crippen LogP contribution in [0.2, 0.25) is 10.0 Å². The molecule has 0 unspecified atom stereocenters. The number of methoxy groups -OCH3 is 1. The Morgan fingerprint density at radius 2 is 1.81 bits per heavy atom. The smallest absolute Gasteiger partial charge is 0.258 e. The van der Waals surface area contributed by atoms with E-state index in [4.69, 9.17) is 37.4 Å². The van der Waals surface area contributed by atoms with Crippen molar-refractivity contribution in [2.24, 2.45) is 0 Å². The molecule has 0 bridgehead atoms. The Hall–Kier alpha value is -3.49. The highest BCUT2D eigenvalue weighted by Crippen LogP contribution is 2.40. The largest absolute Gasteiger partial charge is 0.495 e. The molecule has 2 N–H and O–H groups in total. The molecule has 4 rings (SSSR count). The zero-order chi connectivity index (χ0) is 22.8. The zero-order valence-electron chi connectivity index (χ0n) is 16.5. The summed E-state index contributed by atoms with van der Waals surface area (Å²) in [5, 5.41) is 5.71. The summed E-state index contributed by atoms with van der Waals surface area (Å²) in [6.45, 7) is 0.0237. The van der Waals surface area contributed by atoms with Gasteiger partial charge in [0.2, 0.25) is 6.79 Å². The molecule has 1 heterocycles. The normalized spacial score (nSPS) is 11.8. The summed E-state index contributed by atoms with van der Waals surface area (Å²) < 4.78 is 29.9. The van der Waals surface area contributed by atoms with Crippen LogP contribution >= 0.6 is 23.2 Å². The Labute approximate surface area is 192 Å². The molecular formula is C22H15Cl2FN2O5. The summed E-state index contributed by atoms with van der Waals surface area (Å²) >= 11 is 11.9. The Balaban J connectivity index is 1.56. The van der Waals surface area contributed by atoms with Gasteiger partial charge in [-0.2, -0.15) is 0 Å². The molecule has 0 saturated carbocycles. The number of amides is 2. The highest BCUT2D eigenvalue weighted by Gasteiger charge is 2.21. The van der Waals surface area contributed by atoms with E-state index in [0.717, 1.165) is 6.07 Å². The third-order valence-electron chi connectivity index (χ3n) is 4.57. The van der Waals surface area contributed by atoms with Gasteiger partial charge in [0.05, 0.1) is 23.4 Å². The van der Waals surface area contributed by atoms with Crippen molar-refractivity contribution in [1.29, 1.82) is 0 Å². The average molecular weight is 477 g/mol. The summed E-state index contributed by atoms with van der Waals surface area (Å²) in [7, 11) is 1.42. The molecule has 3 aromatic rings. The summed E-state index contributed by atoms with van der Waals surface area (Å²) in [4.78, 5) is 25.2. The van der Waals surface area contributed by atoms with Crippen molar-refractivity contribution in [2.45, 2.75) is 0 Å². The minimum absolute atomic E-state index is 0.0237. The summed E-state index contributed by atoms with van der Waals surface area (Å²) in [6, 6.07) is 11.3. The number of ether oxygens (including phenoxy) is 3. The maximum absolute atomic E-state index is 14.1. The van der Waals surface area contributed by atoms with Crippen LogP contribution in [0.25, 0.3) is 0 Å². The summed E-state index contributed by atoms with van der Waals surface area (Å²) in [6.07, 6.45) is 0. The first-order valence-corrected chi connectivity index (χ1v) is 9.96. The highest BCUT2D eigenvalue weighted by atomic mass is 35.5. The molecule has 0 radical (unpaired) electrons. The van der Waals surface area contributed by atoms with Gasteiger partial charge in [0.15, 0.2) is 11.5 Å². The maximum Gasteiger partial charge on any atom is 0.258 e. The average Bonchev–Trinajstić information content (AvgIpc) is 3.23. The number of nitrogens with one attached hydrogen (secondary N) is 2. The number of anilines is 2. The molecule has 0 spiro atoms. The lowest BCUT2D eigenvalue weighted by Crippen LogP contribution is -2.15. The van der Waals surface area contributed by atoms with Gasteiger partial charge in [-0.3, -0.25) is 9.59 Å².